The van der Waals surface area contributed by atoms with Crippen LogP contribution in [0.5, 0.6) is 0 Å². The van der Waals surface area contributed by atoms with Gasteiger partial charge in [0.15, 0.2) is 0 Å². The molecule has 0 saturated carbocycles. The van der Waals surface area contributed by atoms with E-state index in [4.69, 9.17) is 5.73 Å². The van der Waals surface area contributed by atoms with Crippen LogP contribution in [0.1, 0.15) is 12.8 Å². The Hall–Kier alpha value is -2.78. The first-order valence-corrected chi connectivity index (χ1v) is 10.9. The Morgan fingerprint density at radius 1 is 1.18 bits per heavy atom. The predicted octanol–water partition coefficient (Wildman–Crippen LogP) is 2.11. The van der Waals surface area contributed by atoms with E-state index in [1.54, 1.807) is 12.4 Å². The average molecular weight is 398 g/mol. The molecule has 9 heteroatoms. The number of nitrogen functional groups attached to an aromatic ring is 1. The van der Waals surface area contributed by atoms with Crippen molar-refractivity contribution in [3.8, 4) is 11.1 Å². The van der Waals surface area contributed by atoms with Crippen molar-refractivity contribution in [2.75, 3.05) is 30.4 Å². The second kappa shape index (κ2) is 7.33. The summed E-state index contributed by atoms with van der Waals surface area (Å²) in [5.41, 5.74) is 8.62. The van der Waals surface area contributed by atoms with Gasteiger partial charge in [0.2, 0.25) is 16.0 Å². The van der Waals surface area contributed by atoms with Crippen molar-refractivity contribution in [1.82, 2.24) is 19.3 Å². The summed E-state index contributed by atoms with van der Waals surface area (Å²) < 4.78 is 24.8. The molecule has 3 heterocycles. The fourth-order valence-electron chi connectivity index (χ4n) is 3.44. The number of rotatable bonds is 4. The lowest BCUT2D eigenvalue weighted by Gasteiger charge is -2.30. The average Bonchev–Trinajstić information content (AvgIpc) is 2.67. The Labute approximate surface area is 163 Å². The Morgan fingerprint density at radius 2 is 1.96 bits per heavy atom. The van der Waals surface area contributed by atoms with Crippen LogP contribution in [0, 0.1) is 0 Å². The maximum Gasteiger partial charge on any atom is 0.223 e. The largest absolute Gasteiger partial charge is 0.383 e. The highest BCUT2D eigenvalue weighted by molar-refractivity contribution is 7.88. The molecule has 0 spiro atoms. The summed E-state index contributed by atoms with van der Waals surface area (Å²) in [6.07, 6.45) is 6.15. The van der Waals surface area contributed by atoms with E-state index in [0.29, 0.717) is 24.9 Å². The van der Waals surface area contributed by atoms with Gasteiger partial charge in [0.25, 0.3) is 0 Å². The third kappa shape index (κ3) is 3.90. The molecule has 4 rings (SSSR count). The number of hydrogen-bond acceptors (Lipinski definition) is 7. The number of pyridine rings is 1. The fraction of sp³-hybridized carbons (Fsp3) is 0.316. The van der Waals surface area contributed by atoms with Crippen LogP contribution < -0.4 is 11.1 Å². The minimum atomic E-state index is -3.13. The summed E-state index contributed by atoms with van der Waals surface area (Å²) in [6, 6.07) is 9.85. The van der Waals surface area contributed by atoms with Gasteiger partial charge in [-0.2, -0.15) is 0 Å². The van der Waals surface area contributed by atoms with Crippen LogP contribution in [0.15, 0.2) is 42.7 Å². The van der Waals surface area contributed by atoms with Gasteiger partial charge in [-0.15, -0.1) is 0 Å². The summed E-state index contributed by atoms with van der Waals surface area (Å²) in [6.45, 7) is 1.02. The zero-order valence-electron chi connectivity index (χ0n) is 15.5. The Balaban J connectivity index is 1.54. The molecule has 0 atom stereocenters. The van der Waals surface area contributed by atoms with Crippen molar-refractivity contribution in [3.63, 3.8) is 0 Å². The standard InChI is InChI=1S/C19H22N6O2S/c1-28(26,27)25-9-6-15(7-10-25)23-19-22-12-14-5-4-13(11-17(14)24-19)16-3-2-8-21-18(16)20/h2-5,8,11-12,15H,6-7,9-10H2,1H3,(H2,20,21)(H,22,23,24). The lowest BCUT2D eigenvalue weighted by Crippen LogP contribution is -2.42. The van der Waals surface area contributed by atoms with Crippen molar-refractivity contribution in [1.29, 1.82) is 0 Å². The maximum absolute atomic E-state index is 11.6. The zero-order chi connectivity index (χ0) is 19.7. The summed E-state index contributed by atoms with van der Waals surface area (Å²) in [7, 11) is -3.13. The van der Waals surface area contributed by atoms with E-state index in [2.05, 4.69) is 20.3 Å². The molecule has 0 bridgehead atoms. The predicted molar refractivity (Wildman–Crippen MR) is 110 cm³/mol. The highest BCUT2D eigenvalue weighted by atomic mass is 32.2. The maximum atomic E-state index is 11.6. The van der Waals surface area contributed by atoms with Crippen molar-refractivity contribution >= 4 is 32.7 Å². The normalized spacial score (nSPS) is 16.3. The third-order valence-electron chi connectivity index (χ3n) is 4.99. The second-order valence-corrected chi connectivity index (χ2v) is 8.97. The highest BCUT2D eigenvalue weighted by Crippen LogP contribution is 2.27. The first-order valence-electron chi connectivity index (χ1n) is 9.09. The van der Waals surface area contributed by atoms with E-state index in [-0.39, 0.29) is 6.04 Å². The number of nitrogens with one attached hydrogen (secondary N) is 1. The fourth-order valence-corrected chi connectivity index (χ4v) is 4.31. The zero-order valence-corrected chi connectivity index (χ0v) is 16.4. The molecule has 1 fully saturated rings. The quantitative estimate of drug-likeness (QED) is 0.692. The van der Waals surface area contributed by atoms with Crippen LogP contribution in [0.25, 0.3) is 22.0 Å². The van der Waals surface area contributed by atoms with Gasteiger partial charge in [-0.25, -0.2) is 27.7 Å². The van der Waals surface area contributed by atoms with Gasteiger partial charge in [0, 0.05) is 42.5 Å². The molecule has 2 aromatic heterocycles. The Kier molecular flexibility index (Phi) is 4.86. The molecule has 1 aromatic carbocycles. The van der Waals surface area contributed by atoms with Gasteiger partial charge < -0.3 is 11.1 Å². The molecule has 1 aliphatic heterocycles. The number of fused-ring (bicyclic) bond motifs is 1. The van der Waals surface area contributed by atoms with Crippen molar-refractivity contribution in [2.24, 2.45) is 0 Å². The summed E-state index contributed by atoms with van der Waals surface area (Å²) in [5, 5.41) is 4.27. The van der Waals surface area contributed by atoms with Gasteiger partial charge >= 0.3 is 0 Å². The molecule has 3 aromatic rings. The number of nitrogens with two attached hydrogens (primary N) is 1. The lowest BCUT2D eigenvalue weighted by atomic mass is 10.0. The molecule has 146 valence electrons. The number of aromatic nitrogens is 3. The minimum absolute atomic E-state index is 0.146. The molecule has 1 saturated heterocycles. The van der Waals surface area contributed by atoms with E-state index in [0.717, 1.165) is 34.9 Å². The summed E-state index contributed by atoms with van der Waals surface area (Å²) in [5.74, 6) is 1.02. The smallest absolute Gasteiger partial charge is 0.223 e. The number of nitrogens with zero attached hydrogens (tertiary/aromatic N) is 4. The van der Waals surface area contributed by atoms with Gasteiger partial charge in [-0.3, -0.25) is 0 Å². The SMILES string of the molecule is CS(=O)(=O)N1CCC(Nc2ncc3ccc(-c4cccnc4N)cc3n2)CC1. The van der Waals surface area contributed by atoms with Crippen molar-refractivity contribution in [3.05, 3.63) is 42.7 Å². The van der Waals surface area contributed by atoms with E-state index < -0.39 is 10.0 Å². The first-order chi connectivity index (χ1) is 13.4. The van der Waals surface area contributed by atoms with Crippen LogP contribution in [-0.4, -0.2) is 53.1 Å². The molecular weight excluding hydrogens is 376 g/mol. The van der Waals surface area contributed by atoms with Crippen LogP contribution in [0.4, 0.5) is 11.8 Å². The molecule has 3 N–H and O–H groups in total. The number of piperidine rings is 1. The summed E-state index contributed by atoms with van der Waals surface area (Å²) in [4.78, 5) is 13.2. The van der Waals surface area contributed by atoms with Gasteiger partial charge in [-0.1, -0.05) is 12.1 Å². The Morgan fingerprint density at radius 3 is 2.68 bits per heavy atom. The van der Waals surface area contributed by atoms with Crippen molar-refractivity contribution in [2.45, 2.75) is 18.9 Å². The van der Waals surface area contributed by atoms with E-state index in [1.165, 1.54) is 10.6 Å². The lowest BCUT2D eigenvalue weighted by molar-refractivity contribution is 0.331. The number of hydrogen-bond donors (Lipinski definition) is 2. The topological polar surface area (TPSA) is 114 Å². The van der Waals surface area contributed by atoms with Crippen LogP contribution >= 0.6 is 0 Å². The summed E-state index contributed by atoms with van der Waals surface area (Å²) >= 11 is 0. The number of anilines is 2. The molecule has 28 heavy (non-hydrogen) atoms. The van der Waals surface area contributed by atoms with E-state index in [1.807, 2.05) is 30.3 Å². The molecule has 1 aliphatic rings. The van der Waals surface area contributed by atoms with E-state index >= 15 is 0 Å². The van der Waals surface area contributed by atoms with E-state index in [9.17, 15) is 8.42 Å². The molecule has 0 radical (unpaired) electrons. The molecule has 0 unspecified atom stereocenters. The third-order valence-corrected chi connectivity index (χ3v) is 6.29. The molecule has 8 nitrogen and oxygen atoms in total. The molecular formula is C19H22N6O2S. The Bertz CT molecular complexity index is 1110. The minimum Gasteiger partial charge on any atom is -0.383 e. The van der Waals surface area contributed by atoms with Gasteiger partial charge in [0.1, 0.15) is 5.82 Å². The van der Waals surface area contributed by atoms with Crippen molar-refractivity contribution < 1.29 is 8.42 Å². The molecule has 0 aliphatic carbocycles. The molecule has 0 amide bonds. The second-order valence-electron chi connectivity index (χ2n) is 6.98. The van der Waals surface area contributed by atoms with Crippen LogP contribution in [0.2, 0.25) is 0 Å². The van der Waals surface area contributed by atoms with Gasteiger partial charge in [-0.05, 0) is 36.6 Å². The van der Waals surface area contributed by atoms with Gasteiger partial charge in [0.05, 0.1) is 11.8 Å². The monoisotopic (exact) mass is 398 g/mol. The number of sulfonamides is 1. The number of benzene rings is 1. The first kappa shape index (κ1) is 18.6. The van der Waals surface area contributed by atoms with Crippen LogP contribution in [0.3, 0.4) is 0 Å². The highest BCUT2D eigenvalue weighted by Gasteiger charge is 2.25. The van der Waals surface area contributed by atoms with Crippen LogP contribution in [-0.2, 0) is 10.0 Å².